The summed E-state index contributed by atoms with van der Waals surface area (Å²) in [6.07, 6.45) is 3.33. The molecule has 2 aromatic rings. The molecule has 0 radical (unpaired) electrons. The van der Waals surface area contributed by atoms with Crippen molar-refractivity contribution in [2.75, 3.05) is 20.1 Å². The Morgan fingerprint density at radius 2 is 2.07 bits per heavy atom. The SMILES string of the molecule is CN1C(=O)N[C@H](c2ccccc2Cl)C2=C1CN(CC(=O)NCc1cccnc1)C2=O. The van der Waals surface area contributed by atoms with Crippen LogP contribution in [0.2, 0.25) is 5.02 Å². The zero-order chi connectivity index (χ0) is 21.3. The summed E-state index contributed by atoms with van der Waals surface area (Å²) in [5, 5.41) is 6.08. The molecule has 3 heterocycles. The van der Waals surface area contributed by atoms with E-state index in [0.717, 1.165) is 5.56 Å². The van der Waals surface area contributed by atoms with Crippen molar-refractivity contribution in [1.29, 1.82) is 0 Å². The lowest BCUT2D eigenvalue weighted by Gasteiger charge is -2.31. The maximum absolute atomic E-state index is 13.2. The molecule has 0 unspecified atom stereocenters. The minimum atomic E-state index is -0.659. The summed E-state index contributed by atoms with van der Waals surface area (Å²) in [6, 6.07) is 9.74. The zero-order valence-electron chi connectivity index (χ0n) is 16.3. The van der Waals surface area contributed by atoms with Gasteiger partial charge in [0.15, 0.2) is 0 Å². The van der Waals surface area contributed by atoms with Crippen LogP contribution in [0.4, 0.5) is 4.79 Å². The van der Waals surface area contributed by atoms with Crippen molar-refractivity contribution in [1.82, 2.24) is 25.4 Å². The number of aromatic nitrogens is 1. The zero-order valence-corrected chi connectivity index (χ0v) is 17.0. The Hall–Kier alpha value is -3.39. The topological polar surface area (TPSA) is 94.6 Å². The van der Waals surface area contributed by atoms with Gasteiger partial charge in [0, 0.05) is 31.0 Å². The van der Waals surface area contributed by atoms with Crippen LogP contribution in [0.3, 0.4) is 0 Å². The molecule has 4 amide bonds. The smallest absolute Gasteiger partial charge is 0.322 e. The molecule has 9 heteroatoms. The van der Waals surface area contributed by atoms with Crippen LogP contribution < -0.4 is 10.6 Å². The number of urea groups is 1. The number of carbonyl (C=O) groups excluding carboxylic acids is 3. The number of pyridine rings is 1. The molecule has 2 aliphatic heterocycles. The fraction of sp³-hybridized carbons (Fsp3) is 0.238. The molecular weight excluding hydrogens is 406 g/mol. The molecular formula is C21H20ClN5O3. The Labute approximate surface area is 178 Å². The molecule has 2 N–H and O–H groups in total. The van der Waals surface area contributed by atoms with Crippen molar-refractivity contribution in [3.05, 3.63) is 76.2 Å². The number of nitrogens with one attached hydrogen (secondary N) is 2. The molecule has 2 aliphatic rings. The van der Waals surface area contributed by atoms with E-state index in [1.165, 1.54) is 9.80 Å². The number of halogens is 1. The lowest BCUT2D eigenvalue weighted by atomic mass is 9.96. The van der Waals surface area contributed by atoms with Gasteiger partial charge in [0.25, 0.3) is 5.91 Å². The lowest BCUT2D eigenvalue weighted by molar-refractivity contribution is -0.132. The summed E-state index contributed by atoms with van der Waals surface area (Å²) in [5.74, 6) is -0.582. The third-order valence-electron chi connectivity index (χ3n) is 5.20. The highest BCUT2D eigenvalue weighted by atomic mass is 35.5. The van der Waals surface area contributed by atoms with E-state index in [4.69, 9.17) is 11.6 Å². The van der Waals surface area contributed by atoms with Crippen LogP contribution in [0, 0.1) is 0 Å². The van der Waals surface area contributed by atoms with Crippen molar-refractivity contribution in [2.45, 2.75) is 12.6 Å². The Morgan fingerprint density at radius 3 is 2.80 bits per heavy atom. The maximum Gasteiger partial charge on any atom is 0.322 e. The average Bonchev–Trinajstić information content (AvgIpc) is 3.07. The number of carbonyl (C=O) groups is 3. The molecule has 0 saturated heterocycles. The summed E-state index contributed by atoms with van der Waals surface area (Å²) < 4.78 is 0. The van der Waals surface area contributed by atoms with Crippen LogP contribution in [0.15, 0.2) is 60.1 Å². The summed E-state index contributed by atoms with van der Waals surface area (Å²) in [7, 11) is 1.60. The molecule has 30 heavy (non-hydrogen) atoms. The van der Waals surface area contributed by atoms with E-state index in [1.807, 2.05) is 6.07 Å². The second-order valence-electron chi connectivity index (χ2n) is 7.12. The summed E-state index contributed by atoms with van der Waals surface area (Å²) in [4.78, 5) is 44.9. The lowest BCUT2D eigenvalue weighted by Crippen LogP contribution is -2.45. The first-order valence-electron chi connectivity index (χ1n) is 9.42. The Morgan fingerprint density at radius 1 is 1.27 bits per heavy atom. The van der Waals surface area contributed by atoms with E-state index in [2.05, 4.69) is 15.6 Å². The van der Waals surface area contributed by atoms with Gasteiger partial charge in [0.1, 0.15) is 6.54 Å². The standard InChI is InChI=1S/C21H20ClN5O3/c1-26-16-11-27(12-17(28)24-10-13-5-4-8-23-9-13)20(29)18(16)19(25-21(26)30)14-6-2-3-7-15(14)22/h2-9,19H,10-12H2,1H3,(H,24,28)(H,25,30)/t19-/m1/s1. The van der Waals surface area contributed by atoms with E-state index in [-0.39, 0.29) is 30.9 Å². The predicted molar refractivity (Wildman–Crippen MR) is 110 cm³/mol. The van der Waals surface area contributed by atoms with Crippen LogP contribution in [0.5, 0.6) is 0 Å². The number of rotatable bonds is 5. The van der Waals surface area contributed by atoms with Gasteiger partial charge in [0.2, 0.25) is 5.91 Å². The van der Waals surface area contributed by atoms with Gasteiger partial charge >= 0.3 is 6.03 Å². The highest BCUT2D eigenvalue weighted by molar-refractivity contribution is 6.31. The molecule has 0 aliphatic carbocycles. The van der Waals surface area contributed by atoms with Gasteiger partial charge in [-0.25, -0.2) is 4.79 Å². The van der Waals surface area contributed by atoms with Gasteiger partial charge in [-0.1, -0.05) is 35.9 Å². The van der Waals surface area contributed by atoms with Crippen LogP contribution in [-0.4, -0.2) is 52.8 Å². The van der Waals surface area contributed by atoms with E-state index >= 15 is 0 Å². The number of amides is 4. The second kappa shape index (κ2) is 8.16. The fourth-order valence-electron chi connectivity index (χ4n) is 3.63. The van der Waals surface area contributed by atoms with E-state index < -0.39 is 6.04 Å². The molecule has 0 bridgehead atoms. The average molecular weight is 426 g/mol. The molecule has 1 aromatic heterocycles. The molecule has 1 atom stereocenters. The minimum absolute atomic E-state index is 0.108. The number of hydrogen-bond acceptors (Lipinski definition) is 4. The summed E-state index contributed by atoms with van der Waals surface area (Å²) >= 11 is 6.32. The monoisotopic (exact) mass is 425 g/mol. The summed E-state index contributed by atoms with van der Waals surface area (Å²) in [5.41, 5.74) is 2.52. The first-order chi connectivity index (χ1) is 14.5. The van der Waals surface area contributed by atoms with Gasteiger partial charge in [-0.3, -0.25) is 19.5 Å². The molecule has 0 fully saturated rings. The number of benzene rings is 1. The number of likely N-dealkylation sites (N-methyl/N-ethyl adjacent to an activating group) is 1. The fourth-order valence-corrected chi connectivity index (χ4v) is 3.87. The summed E-state index contributed by atoms with van der Waals surface area (Å²) in [6.45, 7) is 0.396. The van der Waals surface area contributed by atoms with Crippen molar-refractivity contribution < 1.29 is 14.4 Å². The molecule has 1 aromatic carbocycles. The van der Waals surface area contributed by atoms with Crippen molar-refractivity contribution >= 4 is 29.4 Å². The highest BCUT2D eigenvalue weighted by Gasteiger charge is 2.43. The van der Waals surface area contributed by atoms with Crippen molar-refractivity contribution in [3.8, 4) is 0 Å². The van der Waals surface area contributed by atoms with Gasteiger partial charge in [-0.2, -0.15) is 0 Å². The van der Waals surface area contributed by atoms with Crippen LogP contribution in [0.1, 0.15) is 17.2 Å². The van der Waals surface area contributed by atoms with E-state index in [9.17, 15) is 14.4 Å². The Balaban J connectivity index is 1.51. The van der Waals surface area contributed by atoms with Crippen molar-refractivity contribution in [2.24, 2.45) is 0 Å². The molecule has 4 rings (SSSR count). The molecule has 154 valence electrons. The van der Waals surface area contributed by atoms with Gasteiger partial charge in [-0.15, -0.1) is 0 Å². The molecule has 0 saturated carbocycles. The van der Waals surface area contributed by atoms with Crippen LogP contribution in [0.25, 0.3) is 0 Å². The number of nitrogens with zero attached hydrogens (tertiary/aromatic N) is 3. The quantitative estimate of drug-likeness (QED) is 0.764. The second-order valence-corrected chi connectivity index (χ2v) is 7.53. The van der Waals surface area contributed by atoms with Gasteiger partial charge in [-0.05, 0) is 23.3 Å². The Kier molecular flexibility index (Phi) is 5.41. The van der Waals surface area contributed by atoms with E-state index in [1.54, 1.807) is 49.8 Å². The minimum Gasteiger partial charge on any atom is -0.350 e. The first-order valence-corrected chi connectivity index (χ1v) is 9.80. The number of hydrogen-bond donors (Lipinski definition) is 2. The molecule has 8 nitrogen and oxygen atoms in total. The third-order valence-corrected chi connectivity index (χ3v) is 5.54. The van der Waals surface area contributed by atoms with Crippen LogP contribution in [-0.2, 0) is 16.1 Å². The van der Waals surface area contributed by atoms with Gasteiger partial charge in [0.05, 0.1) is 23.9 Å². The Bertz CT molecular complexity index is 1040. The van der Waals surface area contributed by atoms with E-state index in [0.29, 0.717) is 28.4 Å². The van der Waals surface area contributed by atoms with Crippen LogP contribution >= 0.6 is 11.6 Å². The highest BCUT2D eigenvalue weighted by Crippen LogP contribution is 2.37. The van der Waals surface area contributed by atoms with Gasteiger partial charge < -0.3 is 15.5 Å². The third kappa shape index (κ3) is 3.73. The maximum atomic E-state index is 13.2. The largest absolute Gasteiger partial charge is 0.350 e. The predicted octanol–water partition coefficient (Wildman–Crippen LogP) is 1.84. The normalized spacial score (nSPS) is 18.4. The first kappa shape index (κ1) is 19.9. The van der Waals surface area contributed by atoms with Crippen molar-refractivity contribution in [3.63, 3.8) is 0 Å². The molecule has 0 spiro atoms.